The summed E-state index contributed by atoms with van der Waals surface area (Å²) in [5.41, 5.74) is -0.606. The number of benzene rings is 1. The third-order valence-electron chi connectivity index (χ3n) is 3.14. The van der Waals surface area contributed by atoms with Gasteiger partial charge in [0.05, 0.1) is 0 Å². The van der Waals surface area contributed by atoms with Crippen molar-refractivity contribution in [3.05, 3.63) is 22.4 Å². The van der Waals surface area contributed by atoms with Crippen molar-refractivity contribution in [2.24, 2.45) is 0 Å². The van der Waals surface area contributed by atoms with Gasteiger partial charge in [-0.15, -0.1) is 0 Å². The van der Waals surface area contributed by atoms with Gasteiger partial charge in [0.15, 0.2) is 11.4 Å². The largest absolute Gasteiger partial charge is 0.475 e. The average Bonchev–Trinajstić information content (AvgIpc) is 2.16. The summed E-state index contributed by atoms with van der Waals surface area (Å²) in [6.07, 6.45) is 2.37. The van der Waals surface area contributed by atoms with Gasteiger partial charge in [0.2, 0.25) is 0 Å². The predicted molar refractivity (Wildman–Crippen MR) is 59.9 cm³/mol. The quantitative estimate of drug-likeness (QED) is 0.796. The average molecular weight is 286 g/mol. The van der Waals surface area contributed by atoms with Crippen LogP contribution in [0, 0.1) is 5.82 Å². The highest BCUT2D eigenvalue weighted by Gasteiger charge is 2.50. The summed E-state index contributed by atoms with van der Waals surface area (Å²) in [7, 11) is 0. The van der Waals surface area contributed by atoms with Crippen LogP contribution in [-0.4, -0.2) is 11.5 Å². The lowest BCUT2D eigenvalue weighted by Crippen LogP contribution is -2.55. The molecule has 1 saturated carbocycles. The van der Waals surface area contributed by atoms with Crippen LogP contribution in [0.2, 0.25) is 0 Å². The molecule has 1 spiro atoms. The molecular formula is C11H9BrFNO2. The van der Waals surface area contributed by atoms with Crippen molar-refractivity contribution in [1.29, 1.82) is 0 Å². The number of fused-ring (bicyclic) bond motifs is 1. The Morgan fingerprint density at radius 1 is 1.44 bits per heavy atom. The minimum Gasteiger partial charge on any atom is -0.475 e. The van der Waals surface area contributed by atoms with E-state index >= 15 is 0 Å². The first-order chi connectivity index (χ1) is 7.61. The van der Waals surface area contributed by atoms with Crippen molar-refractivity contribution in [2.75, 3.05) is 5.32 Å². The first kappa shape index (κ1) is 10.1. The highest BCUT2D eigenvalue weighted by atomic mass is 79.9. The molecule has 1 fully saturated rings. The number of nitrogens with one attached hydrogen (secondary N) is 1. The second-order valence-electron chi connectivity index (χ2n) is 4.16. The zero-order valence-electron chi connectivity index (χ0n) is 8.35. The Bertz CT molecular complexity index is 485. The molecule has 0 unspecified atom stereocenters. The summed E-state index contributed by atoms with van der Waals surface area (Å²) in [6.45, 7) is 0. The van der Waals surface area contributed by atoms with Crippen molar-refractivity contribution in [2.45, 2.75) is 24.9 Å². The van der Waals surface area contributed by atoms with Crippen LogP contribution in [-0.2, 0) is 4.79 Å². The van der Waals surface area contributed by atoms with Crippen molar-refractivity contribution < 1.29 is 13.9 Å². The van der Waals surface area contributed by atoms with Gasteiger partial charge in [0.1, 0.15) is 11.4 Å². The number of rotatable bonds is 0. The molecule has 3 nitrogen and oxygen atoms in total. The molecule has 0 saturated heterocycles. The van der Waals surface area contributed by atoms with Crippen LogP contribution in [0.4, 0.5) is 10.1 Å². The fourth-order valence-corrected chi connectivity index (χ4v) is 2.47. The van der Waals surface area contributed by atoms with E-state index in [1.807, 2.05) is 0 Å². The standard InChI is InChI=1S/C11H9BrFNO2/c12-6-4-7(13)9-8(5-6)16-11(2-1-3-11)10(15)14-9/h4-5H,1-3H2,(H,14,15). The maximum atomic E-state index is 13.6. The summed E-state index contributed by atoms with van der Waals surface area (Å²) in [4.78, 5) is 11.8. The van der Waals surface area contributed by atoms with Crippen molar-refractivity contribution in [1.82, 2.24) is 0 Å². The number of carbonyl (C=O) groups is 1. The number of halogens is 2. The molecule has 3 rings (SSSR count). The van der Waals surface area contributed by atoms with Crippen LogP contribution in [0.1, 0.15) is 19.3 Å². The Morgan fingerprint density at radius 3 is 2.81 bits per heavy atom. The van der Waals surface area contributed by atoms with Crippen LogP contribution < -0.4 is 10.1 Å². The molecule has 1 amide bonds. The van der Waals surface area contributed by atoms with Crippen molar-refractivity contribution in [3.63, 3.8) is 0 Å². The van der Waals surface area contributed by atoms with Gasteiger partial charge in [-0.1, -0.05) is 15.9 Å². The highest BCUT2D eigenvalue weighted by molar-refractivity contribution is 9.10. The maximum absolute atomic E-state index is 13.6. The Labute approximate surface area is 100 Å². The van der Waals surface area contributed by atoms with E-state index in [9.17, 15) is 9.18 Å². The lowest BCUT2D eigenvalue weighted by atomic mass is 9.78. The second kappa shape index (κ2) is 3.20. The zero-order valence-corrected chi connectivity index (χ0v) is 9.93. The van der Waals surface area contributed by atoms with Crippen LogP contribution in [0.15, 0.2) is 16.6 Å². The Hall–Kier alpha value is -1.10. The first-order valence-corrected chi connectivity index (χ1v) is 5.90. The Balaban J connectivity index is 2.08. The minimum atomic E-state index is -0.750. The van der Waals surface area contributed by atoms with E-state index < -0.39 is 11.4 Å². The molecule has 1 aliphatic heterocycles. The number of carbonyl (C=O) groups excluding carboxylic acids is 1. The fourth-order valence-electron chi connectivity index (χ4n) is 2.06. The van der Waals surface area contributed by atoms with E-state index in [1.54, 1.807) is 6.07 Å². The van der Waals surface area contributed by atoms with Gasteiger partial charge in [0, 0.05) is 4.47 Å². The number of amides is 1. The lowest BCUT2D eigenvalue weighted by molar-refractivity contribution is -0.140. The van der Waals surface area contributed by atoms with Crippen LogP contribution in [0.5, 0.6) is 5.75 Å². The molecule has 1 aromatic carbocycles. The number of ether oxygens (including phenoxy) is 1. The summed E-state index contributed by atoms with van der Waals surface area (Å²) >= 11 is 3.20. The van der Waals surface area contributed by atoms with Crippen LogP contribution >= 0.6 is 15.9 Å². The summed E-state index contributed by atoms with van der Waals surface area (Å²) in [5.74, 6) is -0.300. The lowest BCUT2D eigenvalue weighted by Gasteiger charge is -2.43. The zero-order chi connectivity index (χ0) is 11.3. The Morgan fingerprint density at radius 2 is 2.19 bits per heavy atom. The highest BCUT2D eigenvalue weighted by Crippen LogP contribution is 2.45. The molecule has 1 aromatic rings. The fraction of sp³-hybridized carbons (Fsp3) is 0.364. The maximum Gasteiger partial charge on any atom is 0.268 e. The van der Waals surface area contributed by atoms with Crippen LogP contribution in [0.3, 0.4) is 0 Å². The van der Waals surface area contributed by atoms with E-state index in [0.717, 1.165) is 6.42 Å². The number of hydrogen-bond donors (Lipinski definition) is 1. The molecule has 0 radical (unpaired) electrons. The van der Waals surface area contributed by atoms with Gasteiger partial charge in [-0.2, -0.15) is 0 Å². The number of anilines is 1. The molecule has 1 aliphatic carbocycles. The van der Waals surface area contributed by atoms with Gasteiger partial charge >= 0.3 is 0 Å². The van der Waals surface area contributed by atoms with Gasteiger partial charge < -0.3 is 10.1 Å². The van der Waals surface area contributed by atoms with E-state index in [2.05, 4.69) is 21.2 Å². The van der Waals surface area contributed by atoms with E-state index in [4.69, 9.17) is 4.74 Å². The topological polar surface area (TPSA) is 38.3 Å². The van der Waals surface area contributed by atoms with E-state index in [-0.39, 0.29) is 11.6 Å². The molecule has 1 N–H and O–H groups in total. The molecule has 84 valence electrons. The molecule has 1 heterocycles. The normalized spacial score (nSPS) is 20.8. The predicted octanol–water partition coefficient (Wildman–Crippen LogP) is 2.84. The third-order valence-corrected chi connectivity index (χ3v) is 3.60. The van der Waals surface area contributed by atoms with E-state index in [1.165, 1.54) is 6.07 Å². The molecular weight excluding hydrogens is 277 g/mol. The molecule has 0 aromatic heterocycles. The molecule has 0 bridgehead atoms. The SMILES string of the molecule is O=C1Nc2c(F)cc(Br)cc2OC12CCC2. The van der Waals surface area contributed by atoms with Gasteiger partial charge in [-0.3, -0.25) is 4.79 Å². The third kappa shape index (κ3) is 1.27. The van der Waals surface area contributed by atoms with Crippen molar-refractivity contribution in [3.8, 4) is 5.75 Å². The smallest absolute Gasteiger partial charge is 0.268 e. The monoisotopic (exact) mass is 285 g/mol. The minimum absolute atomic E-state index is 0.144. The number of hydrogen-bond acceptors (Lipinski definition) is 2. The summed E-state index contributed by atoms with van der Waals surface area (Å²) in [6, 6.07) is 2.99. The van der Waals surface area contributed by atoms with Gasteiger partial charge in [0.25, 0.3) is 5.91 Å². The first-order valence-electron chi connectivity index (χ1n) is 5.10. The van der Waals surface area contributed by atoms with Crippen LogP contribution in [0.25, 0.3) is 0 Å². The van der Waals surface area contributed by atoms with Gasteiger partial charge in [-0.25, -0.2) is 4.39 Å². The summed E-state index contributed by atoms with van der Waals surface area (Å²) < 4.78 is 19.8. The second-order valence-corrected chi connectivity index (χ2v) is 5.08. The molecule has 2 aliphatic rings. The molecule has 5 heteroatoms. The molecule has 0 atom stereocenters. The van der Waals surface area contributed by atoms with E-state index in [0.29, 0.717) is 23.1 Å². The van der Waals surface area contributed by atoms with Gasteiger partial charge in [-0.05, 0) is 31.4 Å². The van der Waals surface area contributed by atoms with Crippen molar-refractivity contribution >= 4 is 27.5 Å². The Kier molecular flexibility index (Phi) is 2.01. The molecule has 16 heavy (non-hydrogen) atoms. The summed E-state index contributed by atoms with van der Waals surface area (Å²) in [5, 5.41) is 2.59.